The van der Waals surface area contributed by atoms with E-state index >= 15 is 0 Å². The van der Waals surface area contributed by atoms with Crippen LogP contribution in [0.15, 0.2) is 44.2 Å². The molecule has 14 heavy (non-hydrogen) atoms. The van der Waals surface area contributed by atoms with E-state index in [0.717, 1.165) is 0 Å². The summed E-state index contributed by atoms with van der Waals surface area (Å²) >= 11 is -1.19. The van der Waals surface area contributed by atoms with Gasteiger partial charge in [0.25, 0.3) is 0 Å². The molecule has 0 spiro atoms. The number of rotatable bonds is 2. The quantitative estimate of drug-likeness (QED) is 0.624. The van der Waals surface area contributed by atoms with Crippen LogP contribution in [-0.4, -0.2) is 3.81 Å². The fourth-order valence-corrected chi connectivity index (χ4v) is 6.59. The molecule has 0 nitrogen and oxygen atoms in total. The molecule has 0 heterocycles. The molecule has 0 saturated heterocycles. The van der Waals surface area contributed by atoms with Crippen molar-refractivity contribution in [2.75, 3.05) is 0 Å². The smallest absolute Gasteiger partial charge is 1.00 e. The first kappa shape index (κ1) is 10.1. The second-order valence-electron chi connectivity index (χ2n) is 4.02. The Labute approximate surface area is 95.0 Å². The number of allylic oxidation sites excluding steroid dienone is 8. The van der Waals surface area contributed by atoms with Crippen molar-refractivity contribution in [1.29, 1.82) is 0 Å². The summed E-state index contributed by atoms with van der Waals surface area (Å²) in [5.74, 6) is 0. The molecule has 0 bridgehead atoms. The van der Waals surface area contributed by atoms with Crippen molar-refractivity contribution in [3.8, 4) is 0 Å². The average Bonchev–Trinajstić information content (AvgIpc) is 2.75. The van der Waals surface area contributed by atoms with E-state index in [9.17, 15) is 0 Å². The van der Waals surface area contributed by atoms with Gasteiger partial charge in [0.15, 0.2) is 0 Å². The fraction of sp³-hybridized carbons (Fsp3) is 0.308. The minimum Gasteiger partial charge on any atom is -1.00 e. The Morgan fingerprint density at radius 3 is 1.86 bits per heavy atom. The molecule has 0 atom stereocenters. The van der Waals surface area contributed by atoms with Gasteiger partial charge in [0, 0.05) is 0 Å². The van der Waals surface area contributed by atoms with E-state index in [1.165, 1.54) is 12.8 Å². The molecule has 0 N–H and O–H groups in total. The Morgan fingerprint density at radius 1 is 1.07 bits per heavy atom. The molecule has 0 aromatic rings. The molecule has 2 aliphatic carbocycles. The second-order valence-corrected chi connectivity index (χ2v) is 8.76. The van der Waals surface area contributed by atoms with E-state index in [0.29, 0.717) is 0 Å². The summed E-state index contributed by atoms with van der Waals surface area (Å²) in [4.78, 5) is 0. The van der Waals surface area contributed by atoms with Crippen LogP contribution in [0.25, 0.3) is 0 Å². The Balaban J connectivity index is 0.00000112. The largest absolute Gasteiger partial charge is 1.00 e. The van der Waals surface area contributed by atoms with Crippen LogP contribution in [0.3, 0.4) is 0 Å². The molecule has 0 saturated carbocycles. The van der Waals surface area contributed by atoms with Crippen LogP contribution in [-0.2, 0) is 17.4 Å². The fourth-order valence-electron chi connectivity index (χ4n) is 2.11. The molecule has 74 valence electrons. The minimum atomic E-state index is -1.19. The van der Waals surface area contributed by atoms with Crippen LogP contribution >= 0.6 is 0 Å². The third kappa shape index (κ3) is 1.97. The molecule has 0 aliphatic heterocycles. The zero-order chi connectivity index (χ0) is 9.97. The van der Waals surface area contributed by atoms with Gasteiger partial charge in [-0.05, 0) is 0 Å². The summed E-state index contributed by atoms with van der Waals surface area (Å²) in [6.07, 6.45) is 16.1. The molecular weight excluding hydrogens is 204 g/mol. The first-order valence-electron chi connectivity index (χ1n) is 5.18. The average molecular weight is 222 g/mol. The topological polar surface area (TPSA) is 0 Å². The molecule has 0 aromatic carbocycles. The van der Waals surface area contributed by atoms with Crippen molar-refractivity contribution in [2.45, 2.75) is 26.7 Å². The van der Waals surface area contributed by atoms with E-state index in [1.54, 1.807) is 11.6 Å². The summed E-state index contributed by atoms with van der Waals surface area (Å²) in [6.45, 7) is 4.63. The first-order valence-corrected chi connectivity index (χ1v) is 7.53. The molecule has 0 aromatic heterocycles. The van der Waals surface area contributed by atoms with E-state index in [4.69, 9.17) is 0 Å². The van der Waals surface area contributed by atoms with Gasteiger partial charge in [-0.15, -0.1) is 0 Å². The first-order chi connectivity index (χ1) is 6.79. The van der Waals surface area contributed by atoms with Crippen LogP contribution in [0.5, 0.6) is 0 Å². The summed E-state index contributed by atoms with van der Waals surface area (Å²) in [5.41, 5.74) is 0. The van der Waals surface area contributed by atoms with Gasteiger partial charge < -0.3 is 2.85 Å². The van der Waals surface area contributed by atoms with E-state index in [2.05, 4.69) is 50.3 Å². The number of hydrogen-bond donors (Lipinski definition) is 0. The Bertz CT molecular complexity index is 362. The molecule has 0 amide bonds. The van der Waals surface area contributed by atoms with E-state index < -0.39 is 17.4 Å². The molecule has 0 unspecified atom stereocenters. The van der Waals surface area contributed by atoms with Crippen molar-refractivity contribution in [3.63, 3.8) is 0 Å². The van der Waals surface area contributed by atoms with Crippen molar-refractivity contribution >= 4 is 3.81 Å². The third-order valence-electron chi connectivity index (χ3n) is 2.68. The van der Waals surface area contributed by atoms with E-state index in [1.807, 2.05) is 0 Å². The predicted octanol–water partition coefficient (Wildman–Crippen LogP) is 3.73. The van der Waals surface area contributed by atoms with Gasteiger partial charge in [-0.25, -0.2) is 0 Å². The van der Waals surface area contributed by atoms with Gasteiger partial charge in [-0.3, -0.25) is 0 Å². The monoisotopic (exact) mass is 222 g/mol. The molecule has 2 aliphatic rings. The van der Waals surface area contributed by atoms with Gasteiger partial charge in [0.05, 0.1) is 0 Å². The summed E-state index contributed by atoms with van der Waals surface area (Å²) in [6, 6.07) is 0. The van der Waals surface area contributed by atoms with Crippen molar-refractivity contribution in [3.05, 3.63) is 44.2 Å². The maximum absolute atomic E-state index is 2.35. The summed E-state index contributed by atoms with van der Waals surface area (Å²) in [7, 11) is 0. The molecule has 1 heteroatoms. The summed E-state index contributed by atoms with van der Waals surface area (Å²) < 4.78 is 5.12. The van der Waals surface area contributed by atoms with Crippen molar-refractivity contribution in [2.24, 2.45) is 0 Å². The van der Waals surface area contributed by atoms with Crippen LogP contribution < -0.4 is 0 Å². The maximum atomic E-state index is 2.35. The molecule has 0 fully saturated rings. The van der Waals surface area contributed by atoms with Crippen LogP contribution in [0.1, 0.15) is 29.5 Å². The summed E-state index contributed by atoms with van der Waals surface area (Å²) in [5, 5.41) is 0. The predicted molar refractivity (Wildman–Crippen MR) is 62.3 cm³/mol. The third-order valence-corrected chi connectivity index (χ3v) is 7.41. The van der Waals surface area contributed by atoms with Gasteiger partial charge in [0.1, 0.15) is 0 Å². The maximum Gasteiger partial charge on any atom is -1.00 e. The van der Waals surface area contributed by atoms with Gasteiger partial charge in [-0.2, -0.15) is 0 Å². The molecule has 2 rings (SSSR count). The Hall–Kier alpha value is -0.456. The SMILES string of the molecule is C[C](C)=[Ti+2]([C]1=CC=CC1)[C]1=CC=CC1.[H-].[H-]. The number of hydrogen-bond acceptors (Lipinski definition) is 0. The standard InChI is InChI=1S/2C5H5.C3H6.Ti.2H/c2*1-2-4-5-3-1;1-3-2;;;/h2*1-3H,4H2;1-2H3;;;/q;;;+2;2*-1. The zero-order valence-electron chi connectivity index (χ0n) is 10.9. The van der Waals surface area contributed by atoms with Crippen LogP contribution in [0.2, 0.25) is 0 Å². The molecular formula is C13H18Ti. The normalized spacial score (nSPS) is 17.8. The van der Waals surface area contributed by atoms with Crippen LogP contribution in [0.4, 0.5) is 0 Å². The van der Waals surface area contributed by atoms with Gasteiger partial charge in [0.2, 0.25) is 0 Å². The van der Waals surface area contributed by atoms with Crippen molar-refractivity contribution in [1.82, 2.24) is 0 Å². The van der Waals surface area contributed by atoms with Gasteiger partial charge >= 0.3 is 92.1 Å². The second kappa shape index (κ2) is 4.38. The zero-order valence-corrected chi connectivity index (χ0v) is 10.4. The van der Waals surface area contributed by atoms with E-state index in [-0.39, 0.29) is 2.85 Å². The van der Waals surface area contributed by atoms with Crippen LogP contribution in [0, 0.1) is 0 Å². The van der Waals surface area contributed by atoms with Crippen molar-refractivity contribution < 1.29 is 20.3 Å². The molecule has 0 radical (unpaired) electrons. The van der Waals surface area contributed by atoms with Gasteiger partial charge in [-0.1, -0.05) is 0 Å². The minimum absolute atomic E-state index is 0. The Kier molecular flexibility index (Phi) is 3.15. The Morgan fingerprint density at radius 2 is 1.57 bits per heavy atom.